The fourth-order valence-corrected chi connectivity index (χ4v) is 3.20. The summed E-state index contributed by atoms with van der Waals surface area (Å²) in [5.41, 5.74) is -0.652. The summed E-state index contributed by atoms with van der Waals surface area (Å²) in [6, 6.07) is 4.63. The van der Waals surface area contributed by atoms with Crippen LogP contribution in [0.3, 0.4) is 0 Å². The smallest absolute Gasteiger partial charge is 0.318 e. The Balaban J connectivity index is 3.23. The second kappa shape index (κ2) is 7.47. The minimum absolute atomic E-state index is 0.128. The highest BCUT2D eigenvalue weighted by Gasteiger charge is 2.32. The first-order chi connectivity index (χ1) is 10.3. The molecule has 0 unspecified atom stereocenters. The summed E-state index contributed by atoms with van der Waals surface area (Å²) in [5, 5.41) is 21.9. The highest BCUT2D eigenvalue weighted by Crippen LogP contribution is 2.25. The Kier molecular flexibility index (Phi) is 5.95. The molecular formula is C11H13N3O7S. The maximum atomic E-state index is 12.4. The number of benzene rings is 1. The number of hydrogen-bond donors (Lipinski definition) is 2. The molecule has 11 heteroatoms. The van der Waals surface area contributed by atoms with Gasteiger partial charge in [-0.25, -0.2) is 8.42 Å². The predicted molar refractivity (Wildman–Crippen MR) is 73.6 cm³/mol. The standard InChI is InChI=1S/C11H13N3O7S/c15-8-12-5-6-13(7-11(16)17)22(20,21)10-4-2-1-3-9(10)14(18)19/h1-4,8H,5-7H2,(H,12,15)(H,16,17). The van der Waals surface area contributed by atoms with Crippen LogP contribution in [0.15, 0.2) is 29.2 Å². The van der Waals surface area contributed by atoms with Gasteiger partial charge in [0.15, 0.2) is 4.90 Å². The van der Waals surface area contributed by atoms with Crippen LogP contribution in [-0.2, 0) is 19.6 Å². The van der Waals surface area contributed by atoms with Gasteiger partial charge < -0.3 is 10.4 Å². The van der Waals surface area contributed by atoms with Crippen molar-refractivity contribution in [1.29, 1.82) is 0 Å². The summed E-state index contributed by atoms with van der Waals surface area (Å²) in [5.74, 6) is -1.42. The molecule has 1 amide bonds. The number of nitro groups is 1. The molecule has 0 aromatic heterocycles. The molecule has 0 radical (unpaired) electrons. The van der Waals surface area contributed by atoms with E-state index in [9.17, 15) is 28.1 Å². The molecule has 0 saturated heterocycles. The normalized spacial score (nSPS) is 11.1. The van der Waals surface area contributed by atoms with Gasteiger partial charge in [-0.3, -0.25) is 19.7 Å². The zero-order chi connectivity index (χ0) is 16.8. The van der Waals surface area contributed by atoms with Crippen molar-refractivity contribution in [3.63, 3.8) is 0 Å². The fourth-order valence-electron chi connectivity index (χ4n) is 1.65. The van der Waals surface area contributed by atoms with Crippen molar-refractivity contribution in [3.8, 4) is 0 Å². The Bertz CT molecular complexity index is 674. The van der Waals surface area contributed by atoms with Gasteiger partial charge in [-0.2, -0.15) is 4.31 Å². The number of nitro benzene ring substituents is 1. The highest BCUT2D eigenvalue weighted by molar-refractivity contribution is 7.89. The first kappa shape index (κ1) is 17.5. The molecule has 0 aliphatic heterocycles. The molecule has 0 saturated carbocycles. The Morgan fingerprint density at radius 1 is 1.41 bits per heavy atom. The van der Waals surface area contributed by atoms with Crippen LogP contribution in [0, 0.1) is 10.1 Å². The minimum Gasteiger partial charge on any atom is -0.480 e. The van der Waals surface area contributed by atoms with Crippen LogP contribution < -0.4 is 5.32 Å². The van der Waals surface area contributed by atoms with Gasteiger partial charge >= 0.3 is 5.97 Å². The van der Waals surface area contributed by atoms with E-state index in [2.05, 4.69) is 5.32 Å². The zero-order valence-corrected chi connectivity index (χ0v) is 12.0. The molecule has 1 aromatic rings. The molecule has 1 aromatic carbocycles. The monoisotopic (exact) mass is 331 g/mol. The van der Waals surface area contributed by atoms with E-state index >= 15 is 0 Å². The van der Waals surface area contributed by atoms with E-state index in [4.69, 9.17) is 5.11 Å². The molecule has 0 bridgehead atoms. The van der Waals surface area contributed by atoms with Crippen LogP contribution in [-0.4, -0.2) is 54.8 Å². The predicted octanol–water partition coefficient (Wildman–Crippen LogP) is -0.584. The number of rotatable bonds is 9. The van der Waals surface area contributed by atoms with Gasteiger partial charge in [0.2, 0.25) is 6.41 Å². The van der Waals surface area contributed by atoms with Crippen molar-refractivity contribution in [2.75, 3.05) is 19.6 Å². The van der Waals surface area contributed by atoms with Gasteiger partial charge in [-0.1, -0.05) is 12.1 Å². The van der Waals surface area contributed by atoms with Crippen LogP contribution >= 0.6 is 0 Å². The Hall–Kier alpha value is -2.53. The van der Waals surface area contributed by atoms with Gasteiger partial charge in [0.25, 0.3) is 15.7 Å². The molecule has 0 aliphatic rings. The van der Waals surface area contributed by atoms with Crippen LogP contribution in [0.25, 0.3) is 0 Å². The quantitative estimate of drug-likeness (QED) is 0.266. The van der Waals surface area contributed by atoms with Gasteiger partial charge in [0.1, 0.15) is 6.54 Å². The number of carbonyl (C=O) groups is 2. The van der Waals surface area contributed by atoms with Crippen molar-refractivity contribution >= 4 is 28.1 Å². The summed E-state index contributed by atoms with van der Waals surface area (Å²) in [7, 11) is -4.40. The number of carbonyl (C=O) groups excluding carboxylic acids is 1. The van der Waals surface area contributed by atoms with Crippen LogP contribution in [0.2, 0.25) is 0 Å². The van der Waals surface area contributed by atoms with E-state index in [1.165, 1.54) is 12.1 Å². The number of carboxylic acid groups (broad SMARTS) is 1. The van der Waals surface area contributed by atoms with Crippen molar-refractivity contribution in [2.45, 2.75) is 4.90 Å². The lowest BCUT2D eigenvalue weighted by Gasteiger charge is -2.19. The fraction of sp³-hybridized carbons (Fsp3) is 0.273. The van der Waals surface area contributed by atoms with Gasteiger partial charge in [-0.15, -0.1) is 0 Å². The number of sulfonamides is 1. The average Bonchev–Trinajstić information content (AvgIpc) is 2.46. The number of aliphatic carboxylic acids is 1. The third kappa shape index (κ3) is 4.23. The largest absolute Gasteiger partial charge is 0.480 e. The zero-order valence-electron chi connectivity index (χ0n) is 11.2. The second-order valence-electron chi connectivity index (χ2n) is 4.03. The Morgan fingerprint density at radius 2 is 2.05 bits per heavy atom. The molecule has 2 N–H and O–H groups in total. The van der Waals surface area contributed by atoms with Crippen molar-refractivity contribution < 1.29 is 28.0 Å². The van der Waals surface area contributed by atoms with E-state index < -0.39 is 38.0 Å². The van der Waals surface area contributed by atoms with E-state index in [0.717, 1.165) is 12.1 Å². The van der Waals surface area contributed by atoms with Crippen LogP contribution in [0.1, 0.15) is 0 Å². The Labute approximate surface area is 125 Å². The van der Waals surface area contributed by atoms with Crippen molar-refractivity contribution in [3.05, 3.63) is 34.4 Å². The lowest BCUT2D eigenvalue weighted by Crippen LogP contribution is -2.40. The average molecular weight is 331 g/mol. The van der Waals surface area contributed by atoms with E-state index in [1.807, 2.05) is 0 Å². The number of nitrogens with one attached hydrogen (secondary N) is 1. The van der Waals surface area contributed by atoms with Gasteiger partial charge in [0.05, 0.1) is 4.92 Å². The lowest BCUT2D eigenvalue weighted by atomic mass is 10.3. The molecule has 120 valence electrons. The molecule has 1 rings (SSSR count). The maximum Gasteiger partial charge on any atom is 0.318 e. The van der Waals surface area contributed by atoms with E-state index in [1.54, 1.807) is 0 Å². The molecule has 10 nitrogen and oxygen atoms in total. The number of nitrogens with zero attached hydrogens (tertiary/aromatic N) is 2. The van der Waals surface area contributed by atoms with Gasteiger partial charge in [-0.05, 0) is 6.07 Å². The third-order valence-electron chi connectivity index (χ3n) is 2.58. The van der Waals surface area contributed by atoms with E-state index in [0.29, 0.717) is 10.7 Å². The molecule has 0 spiro atoms. The summed E-state index contributed by atoms with van der Waals surface area (Å²) < 4.78 is 25.4. The first-order valence-electron chi connectivity index (χ1n) is 5.93. The maximum absolute atomic E-state index is 12.4. The summed E-state index contributed by atoms with van der Waals surface area (Å²) >= 11 is 0. The summed E-state index contributed by atoms with van der Waals surface area (Å²) in [6.07, 6.45) is 0.330. The highest BCUT2D eigenvalue weighted by atomic mass is 32.2. The molecule has 0 heterocycles. The molecule has 0 fully saturated rings. The van der Waals surface area contributed by atoms with Crippen molar-refractivity contribution in [1.82, 2.24) is 9.62 Å². The minimum atomic E-state index is -4.40. The Morgan fingerprint density at radius 3 is 2.59 bits per heavy atom. The van der Waals surface area contributed by atoms with Gasteiger partial charge in [0, 0.05) is 19.2 Å². The van der Waals surface area contributed by atoms with Crippen LogP contribution in [0.4, 0.5) is 5.69 Å². The van der Waals surface area contributed by atoms with Crippen LogP contribution in [0.5, 0.6) is 0 Å². The van der Waals surface area contributed by atoms with Crippen molar-refractivity contribution in [2.24, 2.45) is 0 Å². The first-order valence-corrected chi connectivity index (χ1v) is 7.37. The third-order valence-corrected chi connectivity index (χ3v) is 4.47. The molecule has 22 heavy (non-hydrogen) atoms. The summed E-state index contributed by atoms with van der Waals surface area (Å²) in [6.45, 7) is -1.34. The lowest BCUT2D eigenvalue weighted by molar-refractivity contribution is -0.387. The number of carboxylic acids is 1. The number of para-hydroxylation sites is 1. The molecular weight excluding hydrogens is 318 g/mol. The van der Waals surface area contributed by atoms with E-state index in [-0.39, 0.29) is 13.1 Å². The molecule has 0 atom stereocenters. The number of amides is 1. The topological polar surface area (TPSA) is 147 Å². The molecule has 0 aliphatic carbocycles. The number of hydrogen-bond acceptors (Lipinski definition) is 6. The second-order valence-corrected chi connectivity index (χ2v) is 5.94. The summed E-state index contributed by atoms with van der Waals surface area (Å²) in [4.78, 5) is 30.4. The SMILES string of the molecule is O=CNCCN(CC(=O)O)S(=O)(=O)c1ccccc1[N+](=O)[O-].